The van der Waals surface area contributed by atoms with Crippen LogP contribution in [0.5, 0.6) is 0 Å². The van der Waals surface area contributed by atoms with Crippen molar-refractivity contribution in [2.24, 2.45) is 0 Å². The predicted molar refractivity (Wildman–Crippen MR) is 94.2 cm³/mol. The van der Waals surface area contributed by atoms with Crippen LogP contribution in [0, 0.1) is 0 Å². The van der Waals surface area contributed by atoms with E-state index in [1.807, 2.05) is 0 Å². The average molecular weight is 376 g/mol. The Hall–Kier alpha value is -3.56. The number of rotatable bonds is 5. The second-order valence-corrected chi connectivity index (χ2v) is 5.47. The molecule has 27 heavy (non-hydrogen) atoms. The minimum Gasteiger partial charge on any atom is -0.355 e. The maximum Gasteiger partial charge on any atom is 0.419 e. The fourth-order valence-corrected chi connectivity index (χ4v) is 2.39. The Morgan fingerprint density at radius 2 is 1.89 bits per heavy atom. The highest BCUT2D eigenvalue weighted by Crippen LogP contribution is 2.37. The van der Waals surface area contributed by atoms with Gasteiger partial charge in [-0.25, -0.2) is 4.98 Å². The van der Waals surface area contributed by atoms with Crippen LogP contribution in [-0.4, -0.2) is 28.1 Å². The number of nitrogens with one attached hydrogen (secondary N) is 4. The smallest absolute Gasteiger partial charge is 0.355 e. The van der Waals surface area contributed by atoms with Crippen molar-refractivity contribution in [1.29, 1.82) is 0 Å². The number of carbonyl (C=O) groups excluding carboxylic acids is 1. The van der Waals surface area contributed by atoms with Gasteiger partial charge in [0.2, 0.25) is 0 Å². The lowest BCUT2D eigenvalue weighted by Crippen LogP contribution is -2.19. The molecule has 0 fully saturated rings. The monoisotopic (exact) mass is 376 g/mol. The van der Waals surface area contributed by atoms with E-state index in [0.717, 1.165) is 6.20 Å². The van der Waals surface area contributed by atoms with Crippen LogP contribution in [0.1, 0.15) is 15.9 Å². The first-order valence-corrected chi connectivity index (χ1v) is 7.79. The van der Waals surface area contributed by atoms with Crippen molar-refractivity contribution in [3.05, 3.63) is 60.0 Å². The number of alkyl halides is 3. The highest BCUT2D eigenvalue weighted by atomic mass is 19.4. The molecular weight excluding hydrogens is 361 g/mol. The van der Waals surface area contributed by atoms with Crippen LogP contribution < -0.4 is 16.0 Å². The number of hydrogen-bond acceptors (Lipinski definition) is 5. The zero-order chi connectivity index (χ0) is 19.4. The van der Waals surface area contributed by atoms with E-state index in [-0.39, 0.29) is 22.8 Å². The molecule has 3 rings (SSSR count). The second-order valence-electron chi connectivity index (χ2n) is 5.47. The van der Waals surface area contributed by atoms with Crippen LogP contribution in [0.4, 0.5) is 36.1 Å². The molecule has 0 saturated heterocycles. The summed E-state index contributed by atoms with van der Waals surface area (Å²) in [6.07, 6.45) is -0.889. The molecule has 3 aromatic rings. The number of pyridine rings is 1. The average Bonchev–Trinajstić information content (AvgIpc) is 3.14. The zero-order valence-electron chi connectivity index (χ0n) is 14.1. The summed E-state index contributed by atoms with van der Waals surface area (Å²) in [6.45, 7) is 0. The lowest BCUT2D eigenvalue weighted by molar-refractivity contribution is -0.137. The number of hydrogen-bond donors (Lipinski definition) is 4. The van der Waals surface area contributed by atoms with Gasteiger partial charge in [-0.1, -0.05) is 12.1 Å². The highest BCUT2D eigenvalue weighted by Gasteiger charge is 2.34. The topological polar surface area (TPSA) is 94.7 Å². The maximum atomic E-state index is 13.4. The van der Waals surface area contributed by atoms with Crippen LogP contribution in [0.2, 0.25) is 0 Å². The molecule has 0 saturated carbocycles. The SMILES string of the molecule is CNC(=O)c1ccccc1Nc1cc(Nc2cn[nH]c2)ncc1C(F)(F)F. The molecule has 0 aliphatic heterocycles. The van der Waals surface area contributed by atoms with Crippen LogP contribution in [0.15, 0.2) is 48.9 Å². The molecule has 0 aliphatic carbocycles. The Morgan fingerprint density at radius 1 is 1.11 bits per heavy atom. The number of nitrogens with zero attached hydrogens (tertiary/aromatic N) is 2. The van der Waals surface area contributed by atoms with Gasteiger partial charge < -0.3 is 16.0 Å². The lowest BCUT2D eigenvalue weighted by Gasteiger charge is -2.17. The summed E-state index contributed by atoms with van der Waals surface area (Å²) in [7, 11) is 1.44. The first-order valence-electron chi connectivity index (χ1n) is 7.79. The molecule has 0 radical (unpaired) electrons. The molecule has 0 unspecified atom stereocenters. The summed E-state index contributed by atoms with van der Waals surface area (Å²) in [5, 5.41) is 14.3. The Balaban J connectivity index is 2.01. The minimum absolute atomic E-state index is 0.185. The molecule has 0 bridgehead atoms. The number of carbonyl (C=O) groups is 1. The predicted octanol–water partition coefficient (Wildman–Crippen LogP) is 3.67. The number of anilines is 4. The molecule has 140 valence electrons. The Bertz CT molecular complexity index is 940. The van der Waals surface area contributed by atoms with E-state index in [1.54, 1.807) is 12.1 Å². The quantitative estimate of drug-likeness (QED) is 0.545. The molecule has 0 spiro atoms. The number of aromatic amines is 1. The zero-order valence-corrected chi connectivity index (χ0v) is 14.1. The Labute approximate surface area is 152 Å². The van der Waals surface area contributed by atoms with Crippen molar-refractivity contribution < 1.29 is 18.0 Å². The molecular formula is C17H15F3N6O. The largest absolute Gasteiger partial charge is 0.419 e. The van der Waals surface area contributed by atoms with Crippen molar-refractivity contribution >= 4 is 28.8 Å². The van der Waals surface area contributed by atoms with E-state index < -0.39 is 17.6 Å². The van der Waals surface area contributed by atoms with Gasteiger partial charge in [0, 0.05) is 25.5 Å². The molecule has 2 aromatic heterocycles. The molecule has 1 aromatic carbocycles. The summed E-state index contributed by atoms with van der Waals surface area (Å²) in [6, 6.07) is 7.50. The third-order valence-corrected chi connectivity index (χ3v) is 3.65. The van der Waals surface area contributed by atoms with E-state index in [4.69, 9.17) is 0 Å². The van der Waals surface area contributed by atoms with Crippen molar-refractivity contribution in [3.8, 4) is 0 Å². The third kappa shape index (κ3) is 4.17. The standard InChI is InChI=1S/C17H15F3N6O/c1-21-16(27)11-4-2-3-5-13(11)26-14-6-15(25-10-7-23-24-8-10)22-9-12(14)17(18,19)20/h2-9H,1H3,(H,21,27)(H,23,24)(H2,22,25,26). The van der Waals surface area contributed by atoms with Crippen molar-refractivity contribution in [2.45, 2.75) is 6.18 Å². The van der Waals surface area contributed by atoms with Crippen LogP contribution in [-0.2, 0) is 6.18 Å². The number of halogens is 3. The van der Waals surface area contributed by atoms with E-state index in [0.29, 0.717) is 5.69 Å². The van der Waals surface area contributed by atoms with Gasteiger partial charge in [0.05, 0.1) is 34.4 Å². The summed E-state index contributed by atoms with van der Waals surface area (Å²) in [5.74, 6) is -0.234. The normalized spacial score (nSPS) is 11.1. The van der Waals surface area contributed by atoms with Gasteiger partial charge in [-0.15, -0.1) is 0 Å². The lowest BCUT2D eigenvalue weighted by atomic mass is 10.1. The summed E-state index contributed by atoms with van der Waals surface area (Å²) < 4.78 is 40.2. The molecule has 2 heterocycles. The van der Waals surface area contributed by atoms with Crippen molar-refractivity contribution in [1.82, 2.24) is 20.5 Å². The van der Waals surface area contributed by atoms with E-state index in [9.17, 15) is 18.0 Å². The van der Waals surface area contributed by atoms with E-state index >= 15 is 0 Å². The fourth-order valence-electron chi connectivity index (χ4n) is 2.39. The molecule has 7 nitrogen and oxygen atoms in total. The van der Waals surface area contributed by atoms with Crippen molar-refractivity contribution in [3.63, 3.8) is 0 Å². The maximum absolute atomic E-state index is 13.4. The molecule has 1 amide bonds. The number of H-pyrrole nitrogens is 1. The van der Waals surface area contributed by atoms with Gasteiger partial charge >= 0.3 is 6.18 Å². The highest BCUT2D eigenvalue weighted by molar-refractivity contribution is 6.00. The summed E-state index contributed by atoms with van der Waals surface area (Å²) >= 11 is 0. The van der Waals surface area contributed by atoms with Gasteiger partial charge in [-0.3, -0.25) is 9.89 Å². The van der Waals surface area contributed by atoms with Gasteiger partial charge in [-0.2, -0.15) is 18.3 Å². The molecule has 10 heteroatoms. The third-order valence-electron chi connectivity index (χ3n) is 3.65. The van der Waals surface area contributed by atoms with E-state index in [1.165, 1.54) is 37.6 Å². The number of aromatic nitrogens is 3. The second kappa shape index (κ2) is 7.36. The summed E-state index contributed by atoms with van der Waals surface area (Å²) in [4.78, 5) is 15.8. The fraction of sp³-hybridized carbons (Fsp3) is 0.118. The Morgan fingerprint density at radius 3 is 2.56 bits per heavy atom. The number of amides is 1. The summed E-state index contributed by atoms with van der Waals surface area (Å²) in [5.41, 5.74) is -0.192. The molecule has 0 atom stereocenters. The van der Waals surface area contributed by atoms with Gasteiger partial charge in [0.1, 0.15) is 5.82 Å². The van der Waals surface area contributed by atoms with Gasteiger partial charge in [0.15, 0.2) is 0 Å². The minimum atomic E-state index is -4.62. The molecule has 0 aliphatic rings. The van der Waals surface area contributed by atoms with E-state index in [2.05, 4.69) is 31.1 Å². The first kappa shape index (κ1) is 18.2. The van der Waals surface area contributed by atoms with Crippen LogP contribution in [0.3, 0.4) is 0 Å². The van der Waals surface area contributed by atoms with Crippen molar-refractivity contribution in [2.75, 3.05) is 17.7 Å². The number of para-hydroxylation sites is 1. The Kier molecular flexibility index (Phi) is 4.97. The first-order chi connectivity index (χ1) is 12.9. The van der Waals surface area contributed by atoms with Gasteiger partial charge in [-0.05, 0) is 12.1 Å². The molecule has 4 N–H and O–H groups in total. The van der Waals surface area contributed by atoms with Gasteiger partial charge in [0.25, 0.3) is 5.91 Å². The number of benzene rings is 1. The van der Waals surface area contributed by atoms with Crippen LogP contribution >= 0.6 is 0 Å². The van der Waals surface area contributed by atoms with Crippen LogP contribution in [0.25, 0.3) is 0 Å².